The molecule has 1 fully saturated rings. The minimum atomic E-state index is -0.0472. The van der Waals surface area contributed by atoms with Gasteiger partial charge in [-0.2, -0.15) is 0 Å². The monoisotopic (exact) mass is 305 g/mol. The van der Waals surface area contributed by atoms with Crippen molar-refractivity contribution in [2.24, 2.45) is 0 Å². The Balaban J connectivity index is 1.71. The largest absolute Gasteiger partial charge is 0.379 e. The van der Waals surface area contributed by atoms with Gasteiger partial charge in [0, 0.05) is 38.1 Å². The van der Waals surface area contributed by atoms with E-state index in [1.54, 1.807) is 7.11 Å². The van der Waals surface area contributed by atoms with Crippen LogP contribution in [0.15, 0.2) is 24.5 Å². The summed E-state index contributed by atoms with van der Waals surface area (Å²) in [5.74, 6) is 0. The Morgan fingerprint density at radius 1 is 1.32 bits per heavy atom. The van der Waals surface area contributed by atoms with Crippen LogP contribution in [0.4, 0.5) is 0 Å². The van der Waals surface area contributed by atoms with Crippen LogP contribution in [0.25, 0.3) is 0 Å². The van der Waals surface area contributed by atoms with Crippen molar-refractivity contribution in [1.82, 2.24) is 15.2 Å². The highest BCUT2D eigenvalue weighted by Crippen LogP contribution is 2.18. The lowest BCUT2D eigenvalue weighted by atomic mass is 9.97. The summed E-state index contributed by atoms with van der Waals surface area (Å²) in [6, 6.07) is 5.35. The quantitative estimate of drug-likeness (QED) is 0.840. The summed E-state index contributed by atoms with van der Waals surface area (Å²) in [6.45, 7) is 9.96. The molecule has 0 radical (unpaired) electrons. The zero-order valence-corrected chi connectivity index (χ0v) is 14.5. The molecule has 0 aromatic carbocycles. The highest BCUT2D eigenvalue weighted by atomic mass is 16.5. The summed E-state index contributed by atoms with van der Waals surface area (Å²) in [5.41, 5.74) is 1.31. The van der Waals surface area contributed by atoms with E-state index in [4.69, 9.17) is 4.74 Å². The van der Waals surface area contributed by atoms with Crippen LogP contribution in [0, 0.1) is 0 Å². The molecule has 4 nitrogen and oxygen atoms in total. The summed E-state index contributed by atoms with van der Waals surface area (Å²) in [4.78, 5) is 6.62. The van der Waals surface area contributed by atoms with Crippen LogP contribution in [0.3, 0.4) is 0 Å². The molecule has 0 bridgehead atoms. The number of likely N-dealkylation sites (tertiary alicyclic amines) is 1. The Kier molecular flexibility index (Phi) is 6.36. The molecule has 1 saturated heterocycles. The van der Waals surface area contributed by atoms with Crippen molar-refractivity contribution in [2.45, 2.75) is 64.3 Å². The van der Waals surface area contributed by atoms with Gasteiger partial charge in [-0.05, 0) is 70.8 Å². The summed E-state index contributed by atoms with van der Waals surface area (Å²) in [7, 11) is 1.80. The average Bonchev–Trinajstić information content (AvgIpc) is 2.50. The van der Waals surface area contributed by atoms with E-state index in [1.807, 2.05) is 12.4 Å². The molecule has 124 valence electrons. The highest BCUT2D eigenvalue weighted by Gasteiger charge is 2.24. The van der Waals surface area contributed by atoms with Crippen molar-refractivity contribution in [3.05, 3.63) is 30.1 Å². The molecule has 0 amide bonds. The second kappa shape index (κ2) is 8.04. The summed E-state index contributed by atoms with van der Waals surface area (Å²) >= 11 is 0. The molecule has 4 heteroatoms. The third-order valence-electron chi connectivity index (χ3n) is 4.61. The Morgan fingerprint density at radius 3 is 2.55 bits per heavy atom. The first-order valence-electron chi connectivity index (χ1n) is 8.41. The third kappa shape index (κ3) is 5.67. The van der Waals surface area contributed by atoms with E-state index >= 15 is 0 Å². The highest BCUT2D eigenvalue weighted by molar-refractivity contribution is 5.09. The van der Waals surface area contributed by atoms with E-state index in [9.17, 15) is 0 Å². The number of nitrogens with one attached hydrogen (secondary N) is 1. The molecule has 0 unspecified atom stereocenters. The number of hydrogen-bond acceptors (Lipinski definition) is 4. The van der Waals surface area contributed by atoms with Gasteiger partial charge in [0.25, 0.3) is 0 Å². The van der Waals surface area contributed by atoms with Crippen molar-refractivity contribution >= 4 is 0 Å². The van der Waals surface area contributed by atoms with Gasteiger partial charge in [0.1, 0.15) is 0 Å². The van der Waals surface area contributed by atoms with E-state index in [1.165, 1.54) is 31.5 Å². The number of hydrogen-bond donors (Lipinski definition) is 1. The Bertz CT molecular complexity index is 427. The second-order valence-corrected chi connectivity index (χ2v) is 7.14. The maximum atomic E-state index is 5.53. The zero-order valence-electron chi connectivity index (χ0n) is 14.5. The molecule has 0 saturated carbocycles. The summed E-state index contributed by atoms with van der Waals surface area (Å²) in [6.07, 6.45) is 7.25. The predicted molar refractivity (Wildman–Crippen MR) is 90.8 cm³/mol. The van der Waals surface area contributed by atoms with Gasteiger partial charge in [0.2, 0.25) is 0 Å². The molecule has 1 atom stereocenters. The first-order chi connectivity index (χ1) is 10.5. The molecule has 2 heterocycles. The molecule has 1 aromatic heterocycles. The fourth-order valence-corrected chi connectivity index (χ4v) is 3.29. The Labute approximate surface area is 135 Å². The zero-order chi connectivity index (χ0) is 16.0. The van der Waals surface area contributed by atoms with E-state index in [-0.39, 0.29) is 5.60 Å². The second-order valence-electron chi connectivity index (χ2n) is 7.14. The molecule has 1 N–H and O–H groups in total. The lowest BCUT2D eigenvalue weighted by Crippen LogP contribution is -2.47. The standard InChI is InChI=1S/C18H31N3O/c1-15(13-18(2,3)22-4)20-17-7-11-21(12-8-17)14-16-5-9-19-10-6-16/h5-6,9-10,15,17,20H,7-8,11-14H2,1-4H3/t15-/m0/s1. The molecule has 2 rings (SSSR count). The van der Waals surface area contributed by atoms with Crippen molar-refractivity contribution in [3.8, 4) is 0 Å². The van der Waals surface area contributed by atoms with E-state index in [0.29, 0.717) is 12.1 Å². The van der Waals surface area contributed by atoms with E-state index in [2.05, 4.69) is 48.1 Å². The summed E-state index contributed by atoms with van der Waals surface area (Å²) in [5, 5.41) is 3.78. The van der Waals surface area contributed by atoms with Gasteiger partial charge in [0.05, 0.1) is 5.60 Å². The number of rotatable bonds is 7. The number of aromatic nitrogens is 1. The Morgan fingerprint density at radius 2 is 1.95 bits per heavy atom. The molecule has 1 aliphatic heterocycles. The number of ether oxygens (including phenoxy) is 1. The molecule has 22 heavy (non-hydrogen) atoms. The van der Waals surface area contributed by atoms with Gasteiger partial charge in [0.15, 0.2) is 0 Å². The van der Waals surface area contributed by atoms with Crippen LogP contribution in [-0.4, -0.2) is 47.8 Å². The number of piperidine rings is 1. The normalized spacial score (nSPS) is 19.3. The van der Waals surface area contributed by atoms with Crippen molar-refractivity contribution in [2.75, 3.05) is 20.2 Å². The molecule has 1 aliphatic rings. The van der Waals surface area contributed by atoms with Gasteiger partial charge in [-0.3, -0.25) is 9.88 Å². The third-order valence-corrected chi connectivity index (χ3v) is 4.61. The number of methoxy groups -OCH3 is 1. The van der Waals surface area contributed by atoms with Gasteiger partial charge in [-0.1, -0.05) is 0 Å². The smallest absolute Gasteiger partial charge is 0.0637 e. The van der Waals surface area contributed by atoms with Crippen molar-refractivity contribution in [3.63, 3.8) is 0 Å². The molecular formula is C18H31N3O. The Hall–Kier alpha value is -0.970. The van der Waals surface area contributed by atoms with Crippen LogP contribution in [-0.2, 0) is 11.3 Å². The minimum absolute atomic E-state index is 0.0472. The van der Waals surface area contributed by atoms with Crippen LogP contribution >= 0.6 is 0 Å². The molecule has 0 spiro atoms. The predicted octanol–water partition coefficient (Wildman–Crippen LogP) is 2.84. The van der Waals surface area contributed by atoms with Crippen molar-refractivity contribution in [1.29, 1.82) is 0 Å². The van der Waals surface area contributed by atoms with Gasteiger partial charge >= 0.3 is 0 Å². The molecule has 1 aromatic rings. The lowest BCUT2D eigenvalue weighted by molar-refractivity contribution is 0.00686. The molecule has 0 aliphatic carbocycles. The maximum absolute atomic E-state index is 5.53. The van der Waals surface area contributed by atoms with Crippen LogP contribution in [0.1, 0.15) is 45.6 Å². The maximum Gasteiger partial charge on any atom is 0.0637 e. The fraction of sp³-hybridized carbons (Fsp3) is 0.722. The molecular weight excluding hydrogens is 274 g/mol. The topological polar surface area (TPSA) is 37.4 Å². The SMILES string of the molecule is COC(C)(C)C[C@H](C)NC1CCN(Cc2ccncc2)CC1. The van der Waals surface area contributed by atoms with Crippen LogP contribution in [0.2, 0.25) is 0 Å². The van der Waals surface area contributed by atoms with Gasteiger partial charge < -0.3 is 10.1 Å². The number of nitrogens with zero attached hydrogens (tertiary/aromatic N) is 2. The average molecular weight is 305 g/mol. The lowest BCUT2D eigenvalue weighted by Gasteiger charge is -2.35. The van der Waals surface area contributed by atoms with Crippen LogP contribution in [0.5, 0.6) is 0 Å². The van der Waals surface area contributed by atoms with Gasteiger partial charge in [-0.15, -0.1) is 0 Å². The van der Waals surface area contributed by atoms with Crippen molar-refractivity contribution < 1.29 is 4.74 Å². The first kappa shape index (κ1) is 17.4. The summed E-state index contributed by atoms with van der Waals surface area (Å²) < 4.78 is 5.53. The van der Waals surface area contributed by atoms with Gasteiger partial charge in [-0.25, -0.2) is 0 Å². The van der Waals surface area contributed by atoms with Crippen LogP contribution < -0.4 is 5.32 Å². The minimum Gasteiger partial charge on any atom is -0.379 e. The van der Waals surface area contributed by atoms with E-state index in [0.717, 1.165) is 13.0 Å². The van der Waals surface area contributed by atoms with E-state index < -0.39 is 0 Å². The first-order valence-corrected chi connectivity index (χ1v) is 8.41. The number of pyridine rings is 1. The fourth-order valence-electron chi connectivity index (χ4n) is 3.29.